The first-order valence-corrected chi connectivity index (χ1v) is 8.20. The second-order valence-corrected chi connectivity index (χ2v) is 5.80. The summed E-state index contributed by atoms with van der Waals surface area (Å²) in [5, 5.41) is 3.98. The Bertz CT molecular complexity index is 790. The molecule has 1 aromatic heterocycles. The van der Waals surface area contributed by atoms with Crippen LogP contribution in [0.3, 0.4) is 0 Å². The number of carbonyl (C=O) groups is 2. The molecule has 1 aliphatic rings. The zero-order valence-corrected chi connectivity index (χ0v) is 13.7. The Morgan fingerprint density at radius 3 is 2.56 bits per heavy atom. The molecular weight excluding hydrogens is 326 g/mol. The predicted molar refractivity (Wildman–Crippen MR) is 87.6 cm³/mol. The molecule has 1 saturated heterocycles. The van der Waals surface area contributed by atoms with Crippen LogP contribution in [0.5, 0.6) is 0 Å². The summed E-state index contributed by atoms with van der Waals surface area (Å²) < 4.78 is 10.9. The molecule has 0 N–H and O–H groups in total. The van der Waals surface area contributed by atoms with Crippen molar-refractivity contribution in [1.29, 1.82) is 0 Å². The van der Waals surface area contributed by atoms with Crippen molar-refractivity contribution in [2.75, 3.05) is 19.7 Å². The molecule has 1 fully saturated rings. The van der Waals surface area contributed by atoms with E-state index in [1.807, 2.05) is 6.07 Å². The van der Waals surface area contributed by atoms with E-state index in [1.165, 1.54) is 0 Å². The Morgan fingerprint density at radius 1 is 1.12 bits per heavy atom. The molecule has 8 heteroatoms. The summed E-state index contributed by atoms with van der Waals surface area (Å²) in [5.41, 5.74) is 0.631. The van der Waals surface area contributed by atoms with Crippen molar-refractivity contribution in [2.45, 2.75) is 25.8 Å². The van der Waals surface area contributed by atoms with Crippen LogP contribution < -0.4 is 5.76 Å². The van der Waals surface area contributed by atoms with Crippen LogP contribution in [-0.4, -0.2) is 46.3 Å². The predicted octanol–water partition coefficient (Wildman–Crippen LogP) is 1.06. The number of carbonyl (C=O) groups excluding carboxylic acids is 2. The second kappa shape index (κ2) is 7.78. The average Bonchev–Trinajstić information content (AvgIpc) is 3.01. The Labute approximate surface area is 144 Å². The third-order valence-electron chi connectivity index (χ3n) is 3.97. The molecule has 0 aliphatic carbocycles. The summed E-state index contributed by atoms with van der Waals surface area (Å²) in [6, 6.07) is 8.88. The van der Waals surface area contributed by atoms with Gasteiger partial charge in [0, 0.05) is 18.7 Å². The number of nitrogens with zero attached hydrogens (tertiary/aromatic N) is 3. The Morgan fingerprint density at radius 2 is 1.84 bits per heavy atom. The minimum Gasteiger partial charge on any atom is -0.454 e. The van der Waals surface area contributed by atoms with E-state index in [0.717, 1.165) is 23.9 Å². The van der Waals surface area contributed by atoms with Gasteiger partial charge >= 0.3 is 11.7 Å². The molecule has 2 aromatic rings. The van der Waals surface area contributed by atoms with Crippen LogP contribution in [0.25, 0.3) is 11.5 Å². The summed E-state index contributed by atoms with van der Waals surface area (Å²) >= 11 is 0. The lowest BCUT2D eigenvalue weighted by atomic mass is 10.1. The SMILES string of the molecule is O=C(Cn1nc(-c2ccccc2)oc1=O)OCC(=O)N1CCCCC1. The third-order valence-corrected chi connectivity index (χ3v) is 3.97. The number of piperidine rings is 1. The number of hydrogen-bond donors (Lipinski definition) is 0. The van der Waals surface area contributed by atoms with Crippen molar-refractivity contribution in [1.82, 2.24) is 14.7 Å². The van der Waals surface area contributed by atoms with Crippen LogP contribution in [0.2, 0.25) is 0 Å². The van der Waals surface area contributed by atoms with Gasteiger partial charge in [-0.2, -0.15) is 4.68 Å². The van der Waals surface area contributed by atoms with E-state index in [-0.39, 0.29) is 18.4 Å². The van der Waals surface area contributed by atoms with Gasteiger partial charge in [-0.15, -0.1) is 5.10 Å². The summed E-state index contributed by atoms with van der Waals surface area (Å²) in [6.45, 7) is 0.665. The molecule has 8 nitrogen and oxygen atoms in total. The van der Waals surface area contributed by atoms with Gasteiger partial charge in [-0.3, -0.25) is 9.59 Å². The number of aromatic nitrogens is 2. The highest BCUT2D eigenvalue weighted by Gasteiger charge is 2.19. The van der Waals surface area contributed by atoms with E-state index < -0.39 is 18.3 Å². The molecule has 0 atom stereocenters. The Kier molecular flexibility index (Phi) is 5.27. The van der Waals surface area contributed by atoms with Crippen LogP contribution in [0.1, 0.15) is 19.3 Å². The fourth-order valence-electron chi connectivity index (χ4n) is 2.65. The first kappa shape index (κ1) is 16.9. The van der Waals surface area contributed by atoms with Gasteiger partial charge in [0.1, 0.15) is 6.54 Å². The number of ether oxygens (including phenoxy) is 1. The maximum absolute atomic E-state index is 12.0. The van der Waals surface area contributed by atoms with Crippen molar-refractivity contribution in [2.24, 2.45) is 0 Å². The molecule has 2 heterocycles. The molecule has 1 amide bonds. The normalized spacial score (nSPS) is 14.3. The van der Waals surface area contributed by atoms with Crippen LogP contribution in [0.15, 0.2) is 39.5 Å². The van der Waals surface area contributed by atoms with Gasteiger partial charge in [-0.25, -0.2) is 4.79 Å². The molecular formula is C17H19N3O5. The lowest BCUT2D eigenvalue weighted by Crippen LogP contribution is -2.38. The van der Waals surface area contributed by atoms with E-state index >= 15 is 0 Å². The minimum absolute atomic E-state index is 0.128. The summed E-state index contributed by atoms with van der Waals surface area (Å²) in [5.74, 6) is -1.55. The van der Waals surface area contributed by atoms with Gasteiger partial charge in [0.05, 0.1) is 0 Å². The summed E-state index contributed by atoms with van der Waals surface area (Å²) in [4.78, 5) is 37.3. The highest BCUT2D eigenvalue weighted by atomic mass is 16.5. The van der Waals surface area contributed by atoms with E-state index in [4.69, 9.17) is 9.15 Å². The number of hydrogen-bond acceptors (Lipinski definition) is 6. The molecule has 0 spiro atoms. The number of amides is 1. The lowest BCUT2D eigenvalue weighted by molar-refractivity contribution is -0.153. The molecule has 25 heavy (non-hydrogen) atoms. The van der Waals surface area contributed by atoms with Gasteiger partial charge in [0.2, 0.25) is 5.89 Å². The van der Waals surface area contributed by atoms with Gasteiger partial charge in [-0.1, -0.05) is 18.2 Å². The fraction of sp³-hybridized carbons (Fsp3) is 0.412. The molecule has 1 aromatic carbocycles. The Hall–Kier alpha value is -2.90. The molecule has 1 aliphatic heterocycles. The van der Waals surface area contributed by atoms with Crippen LogP contribution >= 0.6 is 0 Å². The van der Waals surface area contributed by atoms with E-state index in [0.29, 0.717) is 18.7 Å². The standard InChI is InChI=1S/C17H19N3O5/c21-14(19-9-5-2-6-10-19)12-24-15(22)11-20-17(23)25-16(18-20)13-7-3-1-4-8-13/h1,3-4,7-8H,2,5-6,9-12H2. The van der Waals surface area contributed by atoms with Gasteiger partial charge in [-0.05, 0) is 31.4 Å². The highest BCUT2D eigenvalue weighted by Crippen LogP contribution is 2.14. The Balaban J connectivity index is 1.55. The molecule has 0 radical (unpaired) electrons. The van der Waals surface area contributed by atoms with Gasteiger partial charge in [0.15, 0.2) is 6.61 Å². The summed E-state index contributed by atoms with van der Waals surface area (Å²) in [7, 11) is 0. The second-order valence-electron chi connectivity index (χ2n) is 5.80. The molecule has 3 rings (SSSR count). The smallest absolute Gasteiger partial charge is 0.437 e. The highest BCUT2D eigenvalue weighted by molar-refractivity contribution is 5.80. The van der Waals surface area contributed by atoms with Crippen molar-refractivity contribution in [3.63, 3.8) is 0 Å². The van der Waals surface area contributed by atoms with E-state index in [2.05, 4.69) is 5.10 Å². The number of likely N-dealkylation sites (tertiary alicyclic amines) is 1. The zero-order chi connectivity index (χ0) is 17.6. The van der Waals surface area contributed by atoms with E-state index in [9.17, 15) is 14.4 Å². The monoisotopic (exact) mass is 345 g/mol. The van der Waals surface area contributed by atoms with Crippen molar-refractivity contribution < 1.29 is 18.7 Å². The van der Waals surface area contributed by atoms with Gasteiger partial charge in [0.25, 0.3) is 5.91 Å². The first-order chi connectivity index (χ1) is 12.1. The average molecular weight is 345 g/mol. The zero-order valence-electron chi connectivity index (χ0n) is 13.7. The largest absolute Gasteiger partial charge is 0.454 e. The van der Waals surface area contributed by atoms with Crippen molar-refractivity contribution >= 4 is 11.9 Å². The quantitative estimate of drug-likeness (QED) is 0.752. The lowest BCUT2D eigenvalue weighted by Gasteiger charge is -2.26. The number of esters is 1. The molecule has 0 unspecified atom stereocenters. The van der Waals surface area contributed by atoms with Gasteiger partial charge < -0.3 is 14.1 Å². The minimum atomic E-state index is -0.752. The van der Waals surface area contributed by atoms with E-state index in [1.54, 1.807) is 29.2 Å². The molecule has 0 saturated carbocycles. The summed E-state index contributed by atoms with van der Waals surface area (Å²) in [6.07, 6.45) is 3.05. The van der Waals surface area contributed by atoms with Crippen LogP contribution in [-0.2, 0) is 20.9 Å². The first-order valence-electron chi connectivity index (χ1n) is 8.20. The maximum Gasteiger partial charge on any atom is 0.437 e. The molecule has 0 bridgehead atoms. The van der Waals surface area contributed by atoms with Crippen LogP contribution in [0, 0.1) is 0 Å². The number of rotatable bonds is 5. The molecule has 132 valence electrons. The van der Waals surface area contributed by atoms with Crippen LogP contribution in [0.4, 0.5) is 0 Å². The third kappa shape index (κ3) is 4.34. The van der Waals surface area contributed by atoms with Crippen molar-refractivity contribution in [3.05, 3.63) is 40.9 Å². The maximum atomic E-state index is 12.0. The fourth-order valence-corrected chi connectivity index (χ4v) is 2.65. The topological polar surface area (TPSA) is 94.6 Å². The van der Waals surface area contributed by atoms with Crippen molar-refractivity contribution in [3.8, 4) is 11.5 Å². The number of benzene rings is 1.